The fourth-order valence-electron chi connectivity index (χ4n) is 1.85. The summed E-state index contributed by atoms with van der Waals surface area (Å²) in [6, 6.07) is 0. The van der Waals surface area contributed by atoms with E-state index in [1.165, 1.54) is 12.8 Å². The van der Waals surface area contributed by atoms with E-state index in [9.17, 15) is 0 Å². The van der Waals surface area contributed by atoms with Crippen LogP contribution in [0.2, 0.25) is 0 Å². The van der Waals surface area contributed by atoms with E-state index >= 15 is 0 Å². The summed E-state index contributed by atoms with van der Waals surface area (Å²) < 4.78 is 7.21. The van der Waals surface area contributed by atoms with Crippen LogP contribution in [0.1, 0.15) is 33.1 Å². The lowest BCUT2D eigenvalue weighted by Crippen LogP contribution is -2.16. The van der Waals surface area contributed by atoms with E-state index in [1.54, 1.807) is 7.11 Å². The molecule has 0 amide bonds. The van der Waals surface area contributed by atoms with E-state index in [1.807, 2.05) is 12.4 Å². The van der Waals surface area contributed by atoms with E-state index in [0.717, 1.165) is 38.0 Å². The van der Waals surface area contributed by atoms with E-state index in [-0.39, 0.29) is 0 Å². The summed E-state index contributed by atoms with van der Waals surface area (Å²) in [5.41, 5.74) is 0. The Bertz CT molecular complexity index is 295. The SMILES string of the molecule is CCC(CC)CNc1nccn1CCCOC. The first-order valence-corrected chi connectivity index (χ1v) is 6.55. The maximum atomic E-state index is 5.06. The number of hydrogen-bond acceptors (Lipinski definition) is 3. The van der Waals surface area contributed by atoms with Crippen LogP contribution in [0.5, 0.6) is 0 Å². The lowest BCUT2D eigenvalue weighted by Gasteiger charge is -2.15. The van der Waals surface area contributed by atoms with Crippen molar-refractivity contribution in [2.45, 2.75) is 39.7 Å². The second-order valence-electron chi connectivity index (χ2n) is 4.35. The van der Waals surface area contributed by atoms with Crippen molar-refractivity contribution >= 4 is 5.95 Å². The van der Waals surface area contributed by atoms with Crippen molar-refractivity contribution < 1.29 is 4.74 Å². The predicted molar refractivity (Wildman–Crippen MR) is 71.3 cm³/mol. The minimum Gasteiger partial charge on any atom is -0.385 e. The van der Waals surface area contributed by atoms with Crippen LogP contribution in [-0.4, -0.2) is 29.8 Å². The Morgan fingerprint density at radius 2 is 2.18 bits per heavy atom. The molecule has 0 fully saturated rings. The first kappa shape index (κ1) is 14.0. The third-order valence-corrected chi connectivity index (χ3v) is 3.17. The first-order chi connectivity index (χ1) is 8.31. The number of aryl methyl sites for hydroxylation is 1. The molecule has 0 atom stereocenters. The molecule has 0 saturated carbocycles. The van der Waals surface area contributed by atoms with Gasteiger partial charge in [0.2, 0.25) is 5.95 Å². The van der Waals surface area contributed by atoms with Gasteiger partial charge in [-0.25, -0.2) is 4.98 Å². The van der Waals surface area contributed by atoms with E-state index in [4.69, 9.17) is 4.74 Å². The molecule has 0 aliphatic carbocycles. The molecule has 0 bridgehead atoms. The number of rotatable bonds is 9. The Hall–Kier alpha value is -1.03. The first-order valence-electron chi connectivity index (χ1n) is 6.55. The van der Waals surface area contributed by atoms with Gasteiger partial charge in [-0.2, -0.15) is 0 Å². The third-order valence-electron chi connectivity index (χ3n) is 3.17. The van der Waals surface area contributed by atoms with E-state index in [0.29, 0.717) is 0 Å². The molecule has 1 N–H and O–H groups in total. The standard InChI is InChI=1S/C13H25N3O/c1-4-12(5-2)11-15-13-14-7-9-16(13)8-6-10-17-3/h7,9,12H,4-6,8,10-11H2,1-3H3,(H,14,15). The average molecular weight is 239 g/mol. The molecule has 1 aromatic heterocycles. The Balaban J connectivity index is 2.39. The lowest BCUT2D eigenvalue weighted by atomic mass is 10.0. The molecule has 98 valence electrons. The topological polar surface area (TPSA) is 39.1 Å². The molecule has 4 nitrogen and oxygen atoms in total. The summed E-state index contributed by atoms with van der Waals surface area (Å²) in [6.45, 7) is 7.24. The number of imidazole rings is 1. The number of aromatic nitrogens is 2. The van der Waals surface area contributed by atoms with Crippen molar-refractivity contribution in [3.05, 3.63) is 12.4 Å². The van der Waals surface area contributed by atoms with Crippen LogP contribution in [0.3, 0.4) is 0 Å². The molecule has 1 heterocycles. The summed E-state index contributed by atoms with van der Waals surface area (Å²) in [5, 5.41) is 3.43. The minimum atomic E-state index is 0.735. The van der Waals surface area contributed by atoms with Crippen molar-refractivity contribution in [1.29, 1.82) is 0 Å². The van der Waals surface area contributed by atoms with Crippen LogP contribution >= 0.6 is 0 Å². The molecule has 0 aromatic carbocycles. The maximum Gasteiger partial charge on any atom is 0.202 e. The zero-order valence-corrected chi connectivity index (χ0v) is 11.3. The average Bonchev–Trinajstić information content (AvgIpc) is 2.79. The van der Waals surface area contributed by atoms with Gasteiger partial charge < -0.3 is 14.6 Å². The zero-order valence-electron chi connectivity index (χ0n) is 11.3. The summed E-state index contributed by atoms with van der Waals surface area (Å²) >= 11 is 0. The van der Waals surface area contributed by atoms with Crippen molar-refractivity contribution in [3.8, 4) is 0 Å². The minimum absolute atomic E-state index is 0.735. The van der Waals surface area contributed by atoms with Gasteiger partial charge in [0.25, 0.3) is 0 Å². The number of nitrogens with zero attached hydrogens (tertiary/aromatic N) is 2. The molecule has 1 aromatic rings. The van der Waals surface area contributed by atoms with Gasteiger partial charge >= 0.3 is 0 Å². The quantitative estimate of drug-likeness (QED) is 0.673. The smallest absolute Gasteiger partial charge is 0.202 e. The van der Waals surface area contributed by atoms with Gasteiger partial charge in [-0.3, -0.25) is 0 Å². The Kier molecular flexibility index (Phi) is 6.70. The molecule has 0 aliphatic heterocycles. The van der Waals surface area contributed by atoms with Gasteiger partial charge in [0.1, 0.15) is 0 Å². The molecular formula is C13H25N3O. The highest BCUT2D eigenvalue weighted by Crippen LogP contribution is 2.10. The van der Waals surface area contributed by atoms with Gasteiger partial charge in [-0.05, 0) is 12.3 Å². The molecule has 4 heteroatoms. The molecular weight excluding hydrogens is 214 g/mol. The van der Waals surface area contributed by atoms with Crippen molar-refractivity contribution in [1.82, 2.24) is 9.55 Å². The molecule has 0 spiro atoms. The number of anilines is 1. The second kappa shape index (κ2) is 8.12. The summed E-state index contributed by atoms with van der Waals surface area (Å²) in [6.07, 6.45) is 7.32. The van der Waals surface area contributed by atoms with Gasteiger partial charge in [-0.1, -0.05) is 26.7 Å². The van der Waals surface area contributed by atoms with Crippen molar-refractivity contribution in [2.24, 2.45) is 5.92 Å². The molecule has 17 heavy (non-hydrogen) atoms. The van der Waals surface area contributed by atoms with E-state index < -0.39 is 0 Å². The predicted octanol–water partition coefficient (Wildman–Crippen LogP) is 2.77. The third kappa shape index (κ3) is 4.77. The zero-order chi connectivity index (χ0) is 12.5. The largest absolute Gasteiger partial charge is 0.385 e. The highest BCUT2D eigenvalue weighted by molar-refractivity contribution is 5.25. The maximum absolute atomic E-state index is 5.06. The normalized spacial score (nSPS) is 11.1. The number of nitrogens with one attached hydrogen (secondary N) is 1. The summed E-state index contributed by atoms with van der Waals surface area (Å²) in [7, 11) is 1.74. The number of hydrogen-bond donors (Lipinski definition) is 1. The fraction of sp³-hybridized carbons (Fsp3) is 0.769. The van der Waals surface area contributed by atoms with Gasteiger partial charge in [-0.15, -0.1) is 0 Å². The lowest BCUT2D eigenvalue weighted by molar-refractivity contribution is 0.190. The van der Waals surface area contributed by atoms with E-state index in [2.05, 4.69) is 28.7 Å². The van der Waals surface area contributed by atoms with Gasteiger partial charge in [0.15, 0.2) is 0 Å². The highest BCUT2D eigenvalue weighted by Gasteiger charge is 2.06. The fourth-order valence-corrected chi connectivity index (χ4v) is 1.85. The highest BCUT2D eigenvalue weighted by atomic mass is 16.5. The molecule has 0 saturated heterocycles. The van der Waals surface area contributed by atoms with Crippen LogP contribution in [0.25, 0.3) is 0 Å². The summed E-state index contributed by atoms with van der Waals surface area (Å²) in [4.78, 5) is 4.35. The van der Waals surface area contributed by atoms with Crippen molar-refractivity contribution in [2.75, 3.05) is 25.6 Å². The summed E-state index contributed by atoms with van der Waals surface area (Å²) in [5.74, 6) is 1.71. The molecule has 0 unspecified atom stereocenters. The van der Waals surface area contributed by atoms with Crippen molar-refractivity contribution in [3.63, 3.8) is 0 Å². The van der Waals surface area contributed by atoms with Crippen LogP contribution in [-0.2, 0) is 11.3 Å². The number of methoxy groups -OCH3 is 1. The molecule has 0 radical (unpaired) electrons. The Labute approximate surface area is 104 Å². The van der Waals surface area contributed by atoms with Crippen LogP contribution < -0.4 is 5.32 Å². The monoisotopic (exact) mass is 239 g/mol. The van der Waals surface area contributed by atoms with Gasteiger partial charge in [0.05, 0.1) is 0 Å². The Morgan fingerprint density at radius 3 is 2.82 bits per heavy atom. The Morgan fingerprint density at radius 1 is 1.41 bits per heavy atom. The van der Waals surface area contributed by atoms with Crippen LogP contribution in [0.4, 0.5) is 5.95 Å². The molecule has 0 aliphatic rings. The van der Waals surface area contributed by atoms with Crippen LogP contribution in [0.15, 0.2) is 12.4 Å². The van der Waals surface area contributed by atoms with Crippen LogP contribution in [0, 0.1) is 5.92 Å². The second-order valence-corrected chi connectivity index (χ2v) is 4.35. The number of ether oxygens (including phenoxy) is 1. The van der Waals surface area contributed by atoms with Gasteiger partial charge in [0, 0.05) is 39.2 Å². The molecule has 1 rings (SSSR count).